The molecule has 1 fully saturated rings. The molecular formula is C14H27BN2O2. The van der Waals surface area contributed by atoms with Crippen molar-refractivity contribution >= 4 is 13.0 Å². The Balaban J connectivity index is 3.27. The first-order valence-electron chi connectivity index (χ1n) is 6.79. The maximum absolute atomic E-state index is 12.9. The summed E-state index contributed by atoms with van der Waals surface area (Å²) in [7, 11) is 1.14. The Kier molecular flexibility index (Phi) is 3.96. The number of amides is 1. The molecule has 0 aliphatic carbocycles. The molecule has 0 saturated carbocycles. The highest BCUT2D eigenvalue weighted by Gasteiger charge is 2.58. The molecule has 4 nitrogen and oxygen atoms in total. The van der Waals surface area contributed by atoms with Gasteiger partial charge in [0.2, 0.25) is 5.91 Å². The molecule has 19 heavy (non-hydrogen) atoms. The van der Waals surface area contributed by atoms with Crippen LogP contribution >= 0.6 is 0 Å². The number of carbonyl (C=O) groups is 1. The molecule has 0 aromatic carbocycles. The predicted molar refractivity (Wildman–Crippen MR) is 79.8 cm³/mol. The molecule has 1 amide bonds. The Morgan fingerprint density at radius 1 is 1.47 bits per heavy atom. The zero-order chi connectivity index (χ0) is 15.2. The molecule has 1 N–H and O–H groups in total. The first-order valence-corrected chi connectivity index (χ1v) is 6.79. The van der Waals surface area contributed by atoms with Crippen molar-refractivity contribution in [3.05, 3.63) is 12.7 Å². The number of hydrogen-bond acceptors (Lipinski definition) is 3. The summed E-state index contributed by atoms with van der Waals surface area (Å²) in [5, 5.41) is 9.82. The van der Waals surface area contributed by atoms with Crippen LogP contribution in [0.4, 0.5) is 0 Å². The highest BCUT2D eigenvalue weighted by Crippen LogP contribution is 2.44. The van der Waals surface area contributed by atoms with E-state index in [4.69, 9.17) is 0 Å². The van der Waals surface area contributed by atoms with Crippen molar-refractivity contribution in [2.24, 2.45) is 0 Å². The van der Waals surface area contributed by atoms with Crippen LogP contribution in [0.25, 0.3) is 0 Å². The summed E-state index contributed by atoms with van der Waals surface area (Å²) in [4.78, 5) is 16.6. The molecule has 1 aliphatic rings. The van der Waals surface area contributed by atoms with Crippen molar-refractivity contribution < 1.29 is 9.82 Å². The van der Waals surface area contributed by atoms with Gasteiger partial charge in [0.25, 0.3) is 0 Å². The number of carbonyl (C=O) groups excluding carboxylic acids is 1. The largest absolute Gasteiger partial charge is 0.437 e. The lowest BCUT2D eigenvalue weighted by molar-refractivity contribution is -0.141. The van der Waals surface area contributed by atoms with Crippen LogP contribution in [0.3, 0.4) is 0 Å². The average molecular weight is 266 g/mol. The second-order valence-electron chi connectivity index (χ2n) is 7.00. The van der Waals surface area contributed by atoms with Crippen LogP contribution in [0.2, 0.25) is 6.82 Å². The van der Waals surface area contributed by atoms with Crippen molar-refractivity contribution in [2.75, 3.05) is 7.05 Å². The summed E-state index contributed by atoms with van der Waals surface area (Å²) in [6, 6.07) is 0. The Bertz CT molecular complexity index is 393. The fraction of sp³-hybridized carbons (Fsp3) is 0.786. The summed E-state index contributed by atoms with van der Waals surface area (Å²) in [6.45, 7) is 15.6. The molecule has 0 aromatic rings. The minimum Gasteiger partial charge on any atom is -0.437 e. The second-order valence-corrected chi connectivity index (χ2v) is 7.00. The van der Waals surface area contributed by atoms with Gasteiger partial charge in [-0.25, -0.2) is 0 Å². The highest BCUT2D eigenvalue weighted by molar-refractivity contribution is 6.46. The van der Waals surface area contributed by atoms with E-state index in [2.05, 4.69) is 20.4 Å². The van der Waals surface area contributed by atoms with E-state index in [1.165, 1.54) is 0 Å². The zero-order valence-corrected chi connectivity index (χ0v) is 13.3. The zero-order valence-electron chi connectivity index (χ0n) is 13.3. The smallest absolute Gasteiger partial charge is 0.377 e. The quantitative estimate of drug-likeness (QED) is 0.623. The van der Waals surface area contributed by atoms with Crippen LogP contribution in [-0.2, 0) is 4.79 Å². The van der Waals surface area contributed by atoms with Gasteiger partial charge in [-0.05, 0) is 54.9 Å². The van der Waals surface area contributed by atoms with Crippen molar-refractivity contribution in [1.29, 1.82) is 0 Å². The van der Waals surface area contributed by atoms with E-state index in [0.717, 1.165) is 0 Å². The normalized spacial score (nSPS) is 27.0. The van der Waals surface area contributed by atoms with Crippen LogP contribution in [0.5, 0.6) is 0 Å². The predicted octanol–water partition coefficient (Wildman–Crippen LogP) is 1.76. The molecule has 1 atom stereocenters. The van der Waals surface area contributed by atoms with E-state index in [0.29, 0.717) is 6.42 Å². The molecule has 0 spiro atoms. The van der Waals surface area contributed by atoms with Gasteiger partial charge in [-0.15, -0.1) is 6.58 Å². The molecule has 108 valence electrons. The monoisotopic (exact) mass is 266 g/mol. The number of likely N-dealkylation sites (N-methyl/N-ethyl adjacent to an activating group) is 1. The fourth-order valence-electron chi connectivity index (χ4n) is 3.33. The van der Waals surface area contributed by atoms with Crippen molar-refractivity contribution in [2.45, 2.75) is 64.5 Å². The number of hydrogen-bond donors (Lipinski definition) is 1. The van der Waals surface area contributed by atoms with Crippen molar-refractivity contribution in [3.63, 3.8) is 0 Å². The van der Waals surface area contributed by atoms with E-state index >= 15 is 0 Å². The minimum absolute atomic E-state index is 0.0470. The molecule has 1 aliphatic heterocycles. The second kappa shape index (κ2) is 4.63. The third-order valence-corrected chi connectivity index (χ3v) is 4.46. The van der Waals surface area contributed by atoms with Crippen LogP contribution in [-0.4, -0.2) is 51.4 Å². The van der Waals surface area contributed by atoms with Gasteiger partial charge in [-0.2, -0.15) is 0 Å². The van der Waals surface area contributed by atoms with E-state index in [9.17, 15) is 9.82 Å². The van der Waals surface area contributed by atoms with Gasteiger partial charge in [0.1, 0.15) is 0 Å². The molecule has 0 aromatic heterocycles. The minimum atomic E-state index is -0.683. The van der Waals surface area contributed by atoms with E-state index in [-0.39, 0.29) is 11.4 Å². The third-order valence-electron chi connectivity index (χ3n) is 4.46. The van der Waals surface area contributed by atoms with Crippen LogP contribution < -0.4 is 0 Å². The van der Waals surface area contributed by atoms with E-state index in [1.54, 1.807) is 24.8 Å². The van der Waals surface area contributed by atoms with Crippen molar-refractivity contribution in [1.82, 2.24) is 9.71 Å². The first-order chi connectivity index (χ1) is 8.40. The van der Waals surface area contributed by atoms with Gasteiger partial charge in [-0.3, -0.25) is 4.79 Å². The fourth-order valence-corrected chi connectivity index (χ4v) is 3.33. The molecule has 1 rings (SSSR count). The molecule has 0 bridgehead atoms. The maximum atomic E-state index is 12.9. The summed E-state index contributed by atoms with van der Waals surface area (Å²) in [5.74, 6) is 0.0470. The van der Waals surface area contributed by atoms with Gasteiger partial charge in [-0.1, -0.05) is 6.08 Å². The Morgan fingerprint density at radius 2 is 1.95 bits per heavy atom. The molecule has 5 heteroatoms. The standard InChI is InChI=1S/C14H27BN2O2/c1-9-12(2,3)17-11(18)14(6,10-13(17,4)5)16(8)15(7)19/h9,19H,1,10H2,2-8H3. The third kappa shape index (κ3) is 2.46. The van der Waals surface area contributed by atoms with Gasteiger partial charge >= 0.3 is 7.05 Å². The molecule has 1 saturated heterocycles. The summed E-state index contributed by atoms with van der Waals surface area (Å²) in [5.41, 5.74) is -1.36. The summed E-state index contributed by atoms with van der Waals surface area (Å²) < 4.78 is 0. The highest BCUT2D eigenvalue weighted by atomic mass is 16.2. The summed E-state index contributed by atoms with van der Waals surface area (Å²) >= 11 is 0. The van der Waals surface area contributed by atoms with E-state index < -0.39 is 18.1 Å². The first kappa shape index (κ1) is 16.2. The lowest BCUT2D eigenvalue weighted by atomic mass is 9.77. The SMILES string of the molecule is C=CC(C)(C)N1C(=O)C(C)(N(C)B(C)O)CC1(C)C. The van der Waals surface area contributed by atoms with Gasteiger partial charge in [0, 0.05) is 5.54 Å². The van der Waals surface area contributed by atoms with Gasteiger partial charge in [0.05, 0.1) is 11.1 Å². The Morgan fingerprint density at radius 3 is 2.32 bits per heavy atom. The average Bonchev–Trinajstić information content (AvgIpc) is 2.44. The lowest BCUT2D eigenvalue weighted by Crippen LogP contribution is -2.58. The van der Waals surface area contributed by atoms with Crippen LogP contribution in [0, 0.1) is 0 Å². The maximum Gasteiger partial charge on any atom is 0.377 e. The topological polar surface area (TPSA) is 43.8 Å². The Labute approximate surface area is 117 Å². The van der Waals surface area contributed by atoms with Gasteiger partial charge < -0.3 is 14.7 Å². The Hall–Kier alpha value is -0.805. The molecule has 1 heterocycles. The van der Waals surface area contributed by atoms with Crippen molar-refractivity contribution in [3.8, 4) is 0 Å². The number of rotatable bonds is 4. The van der Waals surface area contributed by atoms with Crippen LogP contribution in [0.15, 0.2) is 12.7 Å². The lowest BCUT2D eigenvalue weighted by Gasteiger charge is -2.42. The molecular weight excluding hydrogens is 239 g/mol. The number of nitrogens with zero attached hydrogens (tertiary/aromatic N) is 2. The molecule has 0 radical (unpaired) electrons. The van der Waals surface area contributed by atoms with Gasteiger partial charge in [0.15, 0.2) is 0 Å². The van der Waals surface area contributed by atoms with Crippen LogP contribution in [0.1, 0.15) is 41.0 Å². The molecule has 1 unspecified atom stereocenters. The van der Waals surface area contributed by atoms with E-state index in [1.807, 2.05) is 25.7 Å². The number of likely N-dealkylation sites (tertiary alicyclic amines) is 1. The summed E-state index contributed by atoms with van der Waals surface area (Å²) in [6.07, 6.45) is 2.48.